The van der Waals surface area contributed by atoms with Crippen molar-refractivity contribution in [2.75, 3.05) is 13.7 Å². The van der Waals surface area contributed by atoms with Crippen LogP contribution in [-0.2, 0) is 29.0 Å². The highest BCUT2D eigenvalue weighted by molar-refractivity contribution is 6.06. The summed E-state index contributed by atoms with van der Waals surface area (Å²) in [6, 6.07) is 4.70. The summed E-state index contributed by atoms with van der Waals surface area (Å²) in [7, 11) is 1.37. The van der Waals surface area contributed by atoms with Gasteiger partial charge in [0.15, 0.2) is 0 Å². The van der Waals surface area contributed by atoms with E-state index in [0.29, 0.717) is 48.9 Å². The van der Waals surface area contributed by atoms with Crippen LogP contribution in [0.5, 0.6) is 0 Å². The van der Waals surface area contributed by atoms with E-state index in [1.807, 2.05) is 4.57 Å². The van der Waals surface area contributed by atoms with Crippen LogP contribution in [0.15, 0.2) is 30.6 Å². The van der Waals surface area contributed by atoms with Gasteiger partial charge in [0.25, 0.3) is 5.91 Å². The second kappa shape index (κ2) is 6.86. The van der Waals surface area contributed by atoms with Crippen molar-refractivity contribution in [3.05, 3.63) is 53.5 Å². The molecule has 1 aromatic carbocycles. The number of imidazole rings is 1. The van der Waals surface area contributed by atoms with Gasteiger partial charge < -0.3 is 19.2 Å². The van der Waals surface area contributed by atoms with Crippen LogP contribution in [0.4, 0.5) is 4.39 Å². The fourth-order valence-electron chi connectivity index (χ4n) is 3.51. The number of carbonyl (C=O) groups is 2. The van der Waals surface area contributed by atoms with Crippen LogP contribution < -0.4 is 0 Å². The molecule has 0 saturated heterocycles. The molecule has 2 aromatic heterocycles. The minimum Gasteiger partial charge on any atom is -0.469 e. The second-order valence-electron chi connectivity index (χ2n) is 6.48. The van der Waals surface area contributed by atoms with Crippen molar-refractivity contribution in [1.82, 2.24) is 19.4 Å². The van der Waals surface area contributed by atoms with Crippen molar-refractivity contribution >= 4 is 22.8 Å². The van der Waals surface area contributed by atoms with Gasteiger partial charge in [-0.1, -0.05) is 6.07 Å². The molecule has 0 radical (unpaired) electrons. The maximum atomic E-state index is 14.2. The number of ether oxygens (including phenoxy) is 1. The third kappa shape index (κ3) is 3.07. The first-order valence-corrected chi connectivity index (χ1v) is 8.73. The first-order chi connectivity index (χ1) is 13.1. The molecule has 27 heavy (non-hydrogen) atoms. The molecule has 0 spiro atoms. The molecule has 0 unspecified atom stereocenters. The van der Waals surface area contributed by atoms with Gasteiger partial charge in [0, 0.05) is 42.1 Å². The maximum absolute atomic E-state index is 14.2. The number of benzene rings is 1. The summed E-state index contributed by atoms with van der Waals surface area (Å²) >= 11 is 0. The number of H-pyrrole nitrogens is 1. The lowest BCUT2D eigenvalue weighted by Crippen LogP contribution is -2.38. The summed E-state index contributed by atoms with van der Waals surface area (Å²) in [6.07, 6.45) is 4.12. The van der Waals surface area contributed by atoms with Gasteiger partial charge in [0.2, 0.25) is 0 Å². The molecule has 0 saturated carbocycles. The third-order valence-corrected chi connectivity index (χ3v) is 4.93. The van der Waals surface area contributed by atoms with E-state index in [1.165, 1.54) is 13.2 Å². The number of halogens is 1. The molecule has 3 aromatic rings. The molecule has 7 nitrogen and oxygen atoms in total. The molecular weight excluding hydrogens is 351 g/mol. The fourth-order valence-corrected chi connectivity index (χ4v) is 3.51. The lowest BCUT2D eigenvalue weighted by molar-refractivity contribution is -0.140. The van der Waals surface area contributed by atoms with Gasteiger partial charge in [0.1, 0.15) is 11.6 Å². The number of aryl methyl sites for hydroxylation is 1. The fraction of sp³-hybridized carbons (Fsp3) is 0.316. The predicted octanol–water partition coefficient (Wildman–Crippen LogP) is 2.27. The van der Waals surface area contributed by atoms with Gasteiger partial charge in [-0.2, -0.15) is 0 Å². The summed E-state index contributed by atoms with van der Waals surface area (Å²) in [5, 5.41) is 0.315. The SMILES string of the molecule is COC(=O)CCc1cnc2n1CCN(C(=O)c1c[nH]c3cccc(F)c13)C2. The third-order valence-electron chi connectivity index (χ3n) is 4.93. The molecular formula is C19H19FN4O3. The zero-order chi connectivity index (χ0) is 19.0. The molecule has 1 aliphatic heterocycles. The van der Waals surface area contributed by atoms with E-state index in [9.17, 15) is 14.0 Å². The van der Waals surface area contributed by atoms with E-state index in [1.54, 1.807) is 29.4 Å². The Kier molecular flexibility index (Phi) is 4.39. The average Bonchev–Trinajstić information content (AvgIpc) is 3.30. The molecule has 140 valence electrons. The van der Waals surface area contributed by atoms with Crippen molar-refractivity contribution < 1.29 is 18.7 Å². The van der Waals surface area contributed by atoms with Crippen LogP contribution in [0.2, 0.25) is 0 Å². The quantitative estimate of drug-likeness (QED) is 0.715. The number of carbonyl (C=O) groups excluding carboxylic acids is 2. The first kappa shape index (κ1) is 17.3. The normalized spacial score (nSPS) is 13.6. The van der Waals surface area contributed by atoms with Crippen LogP contribution >= 0.6 is 0 Å². The smallest absolute Gasteiger partial charge is 0.305 e. The number of aromatic amines is 1. The Morgan fingerprint density at radius 1 is 1.33 bits per heavy atom. The molecule has 0 fully saturated rings. The van der Waals surface area contributed by atoms with Crippen molar-refractivity contribution in [2.45, 2.75) is 25.9 Å². The molecule has 1 N–H and O–H groups in total. The molecule has 0 aliphatic carbocycles. The highest BCUT2D eigenvalue weighted by atomic mass is 19.1. The lowest BCUT2D eigenvalue weighted by atomic mass is 10.1. The number of hydrogen-bond donors (Lipinski definition) is 1. The summed E-state index contributed by atoms with van der Waals surface area (Å²) in [6.45, 7) is 1.43. The molecule has 3 heterocycles. The van der Waals surface area contributed by atoms with Crippen LogP contribution in [0.25, 0.3) is 10.9 Å². The molecule has 8 heteroatoms. The van der Waals surface area contributed by atoms with Crippen LogP contribution in [-0.4, -0.2) is 45.0 Å². The maximum Gasteiger partial charge on any atom is 0.305 e. The van der Waals surface area contributed by atoms with E-state index in [4.69, 9.17) is 0 Å². The molecule has 1 amide bonds. The Hall–Kier alpha value is -3.16. The van der Waals surface area contributed by atoms with E-state index in [0.717, 1.165) is 11.5 Å². The number of aromatic nitrogens is 3. The van der Waals surface area contributed by atoms with Crippen LogP contribution in [0, 0.1) is 5.82 Å². The van der Waals surface area contributed by atoms with Gasteiger partial charge in [-0.25, -0.2) is 9.37 Å². The van der Waals surface area contributed by atoms with Gasteiger partial charge in [-0.05, 0) is 18.6 Å². The molecule has 4 rings (SSSR count). The van der Waals surface area contributed by atoms with Crippen LogP contribution in [0.3, 0.4) is 0 Å². The molecule has 1 aliphatic rings. The van der Waals surface area contributed by atoms with Gasteiger partial charge in [-0.3, -0.25) is 9.59 Å². The number of hydrogen-bond acceptors (Lipinski definition) is 4. The highest BCUT2D eigenvalue weighted by Gasteiger charge is 2.26. The Balaban J connectivity index is 1.53. The number of methoxy groups -OCH3 is 1. The minimum absolute atomic E-state index is 0.225. The number of nitrogens with one attached hydrogen (secondary N) is 1. The van der Waals surface area contributed by atoms with E-state index < -0.39 is 5.82 Å². The van der Waals surface area contributed by atoms with Crippen molar-refractivity contribution in [3.63, 3.8) is 0 Å². The first-order valence-electron chi connectivity index (χ1n) is 8.73. The number of nitrogens with zero attached hydrogens (tertiary/aromatic N) is 3. The van der Waals surface area contributed by atoms with Crippen molar-refractivity contribution in [1.29, 1.82) is 0 Å². The summed E-state index contributed by atoms with van der Waals surface area (Å²) in [4.78, 5) is 33.3. The predicted molar refractivity (Wildman–Crippen MR) is 95.6 cm³/mol. The Morgan fingerprint density at radius 2 is 2.19 bits per heavy atom. The summed E-state index contributed by atoms with van der Waals surface area (Å²) in [5.41, 5.74) is 1.87. The summed E-state index contributed by atoms with van der Waals surface area (Å²) < 4.78 is 20.9. The lowest BCUT2D eigenvalue weighted by Gasteiger charge is -2.28. The largest absolute Gasteiger partial charge is 0.469 e. The topological polar surface area (TPSA) is 80.2 Å². The minimum atomic E-state index is -0.416. The van der Waals surface area contributed by atoms with E-state index in [2.05, 4.69) is 14.7 Å². The van der Waals surface area contributed by atoms with E-state index in [-0.39, 0.29) is 11.9 Å². The van der Waals surface area contributed by atoms with Gasteiger partial charge >= 0.3 is 5.97 Å². The Labute approximate surface area is 154 Å². The van der Waals surface area contributed by atoms with Crippen molar-refractivity contribution in [3.8, 4) is 0 Å². The zero-order valence-electron chi connectivity index (χ0n) is 14.9. The molecule has 0 atom stereocenters. The molecule has 0 bridgehead atoms. The second-order valence-corrected chi connectivity index (χ2v) is 6.48. The Morgan fingerprint density at radius 3 is 3.00 bits per heavy atom. The number of rotatable bonds is 4. The van der Waals surface area contributed by atoms with Gasteiger partial charge in [0.05, 0.1) is 25.6 Å². The van der Waals surface area contributed by atoms with E-state index >= 15 is 0 Å². The number of amides is 1. The number of esters is 1. The number of fused-ring (bicyclic) bond motifs is 2. The average molecular weight is 370 g/mol. The van der Waals surface area contributed by atoms with Crippen LogP contribution in [0.1, 0.15) is 28.3 Å². The standard InChI is InChI=1S/C19H19FN4O3/c1-27-17(25)6-5-12-9-22-16-11-23(7-8-24(12)16)19(26)13-10-21-15-4-2-3-14(20)18(13)15/h2-4,9-10,21H,5-8,11H2,1H3. The van der Waals surface area contributed by atoms with Gasteiger partial charge in [-0.15, -0.1) is 0 Å². The highest BCUT2D eigenvalue weighted by Crippen LogP contribution is 2.25. The Bertz CT molecular complexity index is 1020. The monoisotopic (exact) mass is 370 g/mol. The summed E-state index contributed by atoms with van der Waals surface area (Å²) in [5.74, 6) is -0.147. The van der Waals surface area contributed by atoms with Crippen molar-refractivity contribution in [2.24, 2.45) is 0 Å². The zero-order valence-corrected chi connectivity index (χ0v) is 14.9.